The van der Waals surface area contributed by atoms with E-state index >= 15 is 0 Å². The van der Waals surface area contributed by atoms with Gasteiger partial charge >= 0.3 is 0 Å². The van der Waals surface area contributed by atoms with Gasteiger partial charge in [0.1, 0.15) is 6.10 Å². The van der Waals surface area contributed by atoms with Crippen molar-refractivity contribution < 1.29 is 14.7 Å². The molecule has 2 unspecified atom stereocenters. The molecule has 68 valence electrons. The molecule has 0 amide bonds. The van der Waals surface area contributed by atoms with Crippen LogP contribution in [0.3, 0.4) is 0 Å². The molecular formula is C8H12O3S. The van der Waals surface area contributed by atoms with Gasteiger partial charge in [-0.25, -0.2) is 0 Å². The molecule has 0 radical (unpaired) electrons. The van der Waals surface area contributed by atoms with E-state index in [1.807, 2.05) is 0 Å². The zero-order valence-corrected chi connectivity index (χ0v) is 7.59. The van der Waals surface area contributed by atoms with Crippen molar-refractivity contribution in [2.45, 2.75) is 25.4 Å². The van der Waals surface area contributed by atoms with E-state index in [0.29, 0.717) is 12.2 Å². The van der Waals surface area contributed by atoms with Crippen LogP contribution in [0.15, 0.2) is 0 Å². The number of ketones is 2. The molecule has 0 aromatic heterocycles. The van der Waals surface area contributed by atoms with Gasteiger partial charge in [0.05, 0.1) is 0 Å². The topological polar surface area (TPSA) is 54.4 Å². The molecule has 0 aliphatic heterocycles. The van der Waals surface area contributed by atoms with Crippen LogP contribution in [0.1, 0.15) is 19.3 Å². The van der Waals surface area contributed by atoms with Gasteiger partial charge in [-0.05, 0) is 24.5 Å². The average Bonchev–Trinajstić information content (AvgIpc) is 2.01. The lowest BCUT2D eigenvalue weighted by Crippen LogP contribution is -2.37. The molecule has 1 N–H and O–H groups in total. The van der Waals surface area contributed by atoms with E-state index in [9.17, 15) is 9.59 Å². The quantitative estimate of drug-likeness (QED) is 0.481. The third-order valence-corrected chi connectivity index (χ3v) is 2.40. The number of hydrogen-bond donors (Lipinski definition) is 2. The Morgan fingerprint density at radius 1 is 1.50 bits per heavy atom. The summed E-state index contributed by atoms with van der Waals surface area (Å²) in [7, 11) is 0. The monoisotopic (exact) mass is 188 g/mol. The minimum absolute atomic E-state index is 0.141. The zero-order valence-electron chi connectivity index (χ0n) is 6.69. The first-order valence-corrected chi connectivity index (χ1v) is 4.64. The molecule has 0 bridgehead atoms. The van der Waals surface area contributed by atoms with Gasteiger partial charge in [-0.3, -0.25) is 9.59 Å². The first-order chi connectivity index (χ1) is 5.65. The summed E-state index contributed by atoms with van der Waals surface area (Å²) in [5, 5.41) is 9.15. The highest BCUT2D eigenvalue weighted by atomic mass is 32.1. The summed E-state index contributed by atoms with van der Waals surface area (Å²) < 4.78 is 0. The highest BCUT2D eigenvalue weighted by molar-refractivity contribution is 7.80. The molecule has 1 aliphatic rings. The van der Waals surface area contributed by atoms with Crippen LogP contribution < -0.4 is 0 Å². The molecule has 4 heteroatoms. The van der Waals surface area contributed by atoms with E-state index in [1.165, 1.54) is 0 Å². The lowest BCUT2D eigenvalue weighted by atomic mass is 9.84. The maximum Gasteiger partial charge on any atom is 0.226 e. The van der Waals surface area contributed by atoms with E-state index in [1.54, 1.807) is 0 Å². The van der Waals surface area contributed by atoms with Gasteiger partial charge in [-0.1, -0.05) is 0 Å². The third kappa shape index (κ3) is 2.08. The molecule has 1 fully saturated rings. The van der Waals surface area contributed by atoms with Crippen LogP contribution in [-0.4, -0.2) is 28.5 Å². The number of aliphatic hydroxyl groups is 1. The number of carbonyl (C=O) groups is 2. The van der Waals surface area contributed by atoms with Gasteiger partial charge in [0, 0.05) is 6.42 Å². The molecule has 2 atom stereocenters. The number of aliphatic hydroxyl groups excluding tert-OH is 1. The summed E-state index contributed by atoms with van der Waals surface area (Å²) in [6.45, 7) is 0. The second kappa shape index (κ2) is 4.05. The third-order valence-electron chi connectivity index (χ3n) is 2.15. The van der Waals surface area contributed by atoms with Crippen LogP contribution in [0.25, 0.3) is 0 Å². The second-order valence-electron chi connectivity index (χ2n) is 3.12. The van der Waals surface area contributed by atoms with Crippen molar-refractivity contribution in [1.29, 1.82) is 0 Å². The summed E-state index contributed by atoms with van der Waals surface area (Å²) >= 11 is 4.03. The van der Waals surface area contributed by atoms with Crippen molar-refractivity contribution in [3.05, 3.63) is 0 Å². The van der Waals surface area contributed by atoms with Gasteiger partial charge in [0.2, 0.25) is 11.6 Å². The minimum Gasteiger partial charge on any atom is -0.385 e. The van der Waals surface area contributed by atoms with Crippen molar-refractivity contribution in [2.75, 3.05) is 5.75 Å². The number of rotatable bonds is 2. The molecule has 1 rings (SSSR count). The largest absolute Gasteiger partial charge is 0.385 e. The van der Waals surface area contributed by atoms with E-state index in [2.05, 4.69) is 12.6 Å². The molecule has 0 saturated heterocycles. The highest BCUT2D eigenvalue weighted by Crippen LogP contribution is 2.22. The van der Waals surface area contributed by atoms with Crippen molar-refractivity contribution in [3.8, 4) is 0 Å². The number of thiol groups is 1. The Kier molecular flexibility index (Phi) is 3.29. The van der Waals surface area contributed by atoms with Crippen LogP contribution in [-0.2, 0) is 9.59 Å². The molecular weight excluding hydrogens is 176 g/mol. The fourth-order valence-corrected chi connectivity index (χ4v) is 1.82. The first kappa shape index (κ1) is 9.74. The number of hydrogen-bond acceptors (Lipinski definition) is 4. The predicted molar refractivity (Wildman–Crippen MR) is 47.2 cm³/mol. The molecule has 1 aliphatic carbocycles. The van der Waals surface area contributed by atoms with E-state index in [-0.39, 0.29) is 12.3 Å². The SMILES string of the molecule is O=C1CC(CCS)CC(O)C1=O. The zero-order chi connectivity index (χ0) is 9.14. The fourth-order valence-electron chi connectivity index (χ4n) is 1.46. The average molecular weight is 188 g/mol. The minimum atomic E-state index is -1.06. The van der Waals surface area contributed by atoms with Crippen molar-refractivity contribution in [1.82, 2.24) is 0 Å². The Hall–Kier alpha value is -0.350. The van der Waals surface area contributed by atoms with Crippen LogP contribution in [0.2, 0.25) is 0 Å². The lowest BCUT2D eigenvalue weighted by molar-refractivity contribution is -0.145. The van der Waals surface area contributed by atoms with Gasteiger partial charge < -0.3 is 5.11 Å². The Bertz CT molecular complexity index is 202. The molecule has 0 heterocycles. The lowest BCUT2D eigenvalue weighted by Gasteiger charge is -2.22. The van der Waals surface area contributed by atoms with Gasteiger partial charge in [-0.2, -0.15) is 12.6 Å². The van der Waals surface area contributed by atoms with E-state index in [4.69, 9.17) is 5.11 Å². The van der Waals surface area contributed by atoms with Gasteiger partial charge in [0.25, 0.3) is 0 Å². The summed E-state index contributed by atoms with van der Waals surface area (Å²) in [6.07, 6.45) is 0.442. The number of carbonyl (C=O) groups excluding carboxylic acids is 2. The summed E-state index contributed by atoms with van der Waals surface area (Å²) in [4.78, 5) is 21.8. The van der Waals surface area contributed by atoms with Crippen LogP contribution in [0.4, 0.5) is 0 Å². The summed E-state index contributed by atoms with van der Waals surface area (Å²) in [6, 6.07) is 0. The molecule has 3 nitrogen and oxygen atoms in total. The first-order valence-electron chi connectivity index (χ1n) is 4.01. The van der Waals surface area contributed by atoms with Crippen molar-refractivity contribution >= 4 is 24.2 Å². The summed E-state index contributed by atoms with van der Waals surface area (Å²) in [5.41, 5.74) is 0. The van der Waals surface area contributed by atoms with Crippen LogP contribution in [0, 0.1) is 5.92 Å². The standard InChI is InChI=1S/C8H12O3S/c9-6-3-5(1-2-12)4-7(10)8(6)11/h5-6,9,12H,1-4H2. The molecule has 0 aromatic carbocycles. The Morgan fingerprint density at radius 2 is 2.17 bits per heavy atom. The van der Waals surface area contributed by atoms with Gasteiger partial charge in [0.15, 0.2) is 0 Å². The van der Waals surface area contributed by atoms with Crippen LogP contribution >= 0.6 is 12.6 Å². The van der Waals surface area contributed by atoms with Gasteiger partial charge in [-0.15, -0.1) is 0 Å². The highest BCUT2D eigenvalue weighted by Gasteiger charge is 2.33. The predicted octanol–water partition coefficient (Wildman–Crippen LogP) is 0.215. The fraction of sp³-hybridized carbons (Fsp3) is 0.750. The normalized spacial score (nSPS) is 30.8. The maximum absolute atomic E-state index is 11.0. The Labute approximate surface area is 76.6 Å². The molecule has 0 aromatic rings. The summed E-state index contributed by atoms with van der Waals surface area (Å²) in [5.74, 6) is -0.215. The molecule has 1 saturated carbocycles. The molecule has 0 spiro atoms. The maximum atomic E-state index is 11.0. The number of Topliss-reactive ketones (excluding diaryl/α,β-unsaturated/α-hetero) is 2. The van der Waals surface area contributed by atoms with Crippen molar-refractivity contribution in [3.63, 3.8) is 0 Å². The molecule has 12 heavy (non-hydrogen) atoms. The van der Waals surface area contributed by atoms with E-state index in [0.717, 1.165) is 6.42 Å². The van der Waals surface area contributed by atoms with E-state index < -0.39 is 17.7 Å². The Balaban J connectivity index is 2.53. The second-order valence-corrected chi connectivity index (χ2v) is 3.57. The van der Waals surface area contributed by atoms with Crippen molar-refractivity contribution in [2.24, 2.45) is 5.92 Å². The Morgan fingerprint density at radius 3 is 2.67 bits per heavy atom. The smallest absolute Gasteiger partial charge is 0.226 e. The van der Waals surface area contributed by atoms with Crippen LogP contribution in [0.5, 0.6) is 0 Å².